The van der Waals surface area contributed by atoms with Crippen LogP contribution in [-0.2, 0) is 9.53 Å². The molecule has 2 nitrogen and oxygen atoms in total. The number of ketones is 1. The first kappa shape index (κ1) is 13.2. The Kier molecular flexibility index (Phi) is 4.31. The highest BCUT2D eigenvalue weighted by atomic mass is 32.2. The summed E-state index contributed by atoms with van der Waals surface area (Å²) in [6.45, 7) is 4.74. The topological polar surface area (TPSA) is 26.3 Å². The van der Waals surface area contributed by atoms with Crippen LogP contribution in [0.15, 0.2) is 11.6 Å². The average Bonchev–Trinajstić information content (AvgIpc) is 2.29. The SMILES string of the molecule is CC(C)=CC(=O)C1CCOC2(CCSCC2)C1. The molecule has 0 saturated carbocycles. The van der Waals surface area contributed by atoms with Crippen LogP contribution in [0.4, 0.5) is 0 Å². The lowest BCUT2D eigenvalue weighted by atomic mass is 9.80. The van der Waals surface area contributed by atoms with Gasteiger partial charge in [-0.25, -0.2) is 0 Å². The standard InChI is InChI=1S/C14H22O2S/c1-11(2)9-13(15)12-3-6-16-14(10-12)4-7-17-8-5-14/h9,12H,3-8,10H2,1-2H3. The number of ether oxygens (including phenoxy) is 1. The predicted octanol–water partition coefficient (Wildman–Crippen LogP) is 3.21. The van der Waals surface area contributed by atoms with Gasteiger partial charge >= 0.3 is 0 Å². The third-order valence-corrected chi connectivity index (χ3v) is 4.72. The first-order valence-corrected chi connectivity index (χ1v) is 7.67. The molecule has 0 aliphatic carbocycles. The maximum Gasteiger partial charge on any atom is 0.158 e. The van der Waals surface area contributed by atoms with E-state index in [1.165, 1.54) is 11.5 Å². The minimum absolute atomic E-state index is 0.0271. The Morgan fingerprint density at radius 1 is 1.35 bits per heavy atom. The molecule has 17 heavy (non-hydrogen) atoms. The average molecular weight is 254 g/mol. The maximum atomic E-state index is 12.1. The van der Waals surface area contributed by atoms with Crippen LogP contribution in [0.1, 0.15) is 39.5 Å². The fraction of sp³-hybridized carbons (Fsp3) is 0.786. The molecule has 0 aromatic carbocycles. The van der Waals surface area contributed by atoms with Crippen molar-refractivity contribution >= 4 is 17.5 Å². The molecular weight excluding hydrogens is 232 g/mol. The lowest BCUT2D eigenvalue weighted by Gasteiger charge is -2.42. The van der Waals surface area contributed by atoms with E-state index in [0.29, 0.717) is 5.78 Å². The van der Waals surface area contributed by atoms with Gasteiger partial charge in [0.1, 0.15) is 0 Å². The summed E-state index contributed by atoms with van der Waals surface area (Å²) in [6, 6.07) is 0. The molecule has 0 N–H and O–H groups in total. The zero-order valence-electron chi connectivity index (χ0n) is 10.8. The summed E-state index contributed by atoms with van der Waals surface area (Å²) in [5, 5.41) is 0. The second-order valence-electron chi connectivity index (χ2n) is 5.46. The number of carbonyl (C=O) groups excluding carboxylic acids is 1. The van der Waals surface area contributed by atoms with Gasteiger partial charge in [-0.3, -0.25) is 4.79 Å². The summed E-state index contributed by atoms with van der Waals surface area (Å²) < 4.78 is 6.01. The van der Waals surface area contributed by atoms with Gasteiger partial charge in [0.15, 0.2) is 5.78 Å². The molecular formula is C14H22O2S. The van der Waals surface area contributed by atoms with E-state index in [1.54, 1.807) is 6.08 Å². The van der Waals surface area contributed by atoms with Crippen molar-refractivity contribution in [1.29, 1.82) is 0 Å². The Balaban J connectivity index is 2.01. The second-order valence-corrected chi connectivity index (χ2v) is 6.68. The van der Waals surface area contributed by atoms with Crippen LogP contribution in [0.3, 0.4) is 0 Å². The molecule has 2 aliphatic rings. The molecule has 2 rings (SSSR count). The van der Waals surface area contributed by atoms with E-state index < -0.39 is 0 Å². The molecule has 96 valence electrons. The van der Waals surface area contributed by atoms with Crippen LogP contribution in [0, 0.1) is 5.92 Å². The minimum atomic E-state index is 0.0271. The van der Waals surface area contributed by atoms with Crippen LogP contribution in [0.2, 0.25) is 0 Å². The second kappa shape index (κ2) is 5.57. The van der Waals surface area contributed by atoms with E-state index in [2.05, 4.69) is 0 Å². The van der Waals surface area contributed by atoms with Gasteiger partial charge in [0.25, 0.3) is 0 Å². The monoisotopic (exact) mass is 254 g/mol. The largest absolute Gasteiger partial charge is 0.375 e. The lowest BCUT2D eigenvalue weighted by Crippen LogP contribution is -2.44. The molecule has 0 amide bonds. The first-order chi connectivity index (χ1) is 8.11. The zero-order valence-corrected chi connectivity index (χ0v) is 11.6. The van der Waals surface area contributed by atoms with E-state index in [9.17, 15) is 4.79 Å². The van der Waals surface area contributed by atoms with Gasteiger partial charge in [-0.2, -0.15) is 11.8 Å². The number of thioether (sulfide) groups is 1. The van der Waals surface area contributed by atoms with E-state index in [0.717, 1.165) is 37.9 Å². The van der Waals surface area contributed by atoms with Crippen molar-refractivity contribution in [2.75, 3.05) is 18.1 Å². The van der Waals surface area contributed by atoms with Crippen molar-refractivity contribution in [3.63, 3.8) is 0 Å². The molecule has 0 bridgehead atoms. The van der Waals surface area contributed by atoms with Gasteiger partial charge in [0, 0.05) is 12.5 Å². The summed E-state index contributed by atoms with van der Waals surface area (Å²) in [4.78, 5) is 12.1. The van der Waals surface area contributed by atoms with Crippen molar-refractivity contribution < 1.29 is 9.53 Å². The molecule has 1 atom stereocenters. The molecule has 0 aromatic heterocycles. The highest BCUT2D eigenvalue weighted by molar-refractivity contribution is 7.99. The number of hydrogen-bond donors (Lipinski definition) is 0. The molecule has 0 radical (unpaired) electrons. The third kappa shape index (κ3) is 3.35. The quantitative estimate of drug-likeness (QED) is 0.708. The molecule has 2 fully saturated rings. The number of allylic oxidation sites excluding steroid dienone is 2. The highest BCUT2D eigenvalue weighted by Crippen LogP contribution is 2.40. The molecule has 1 spiro atoms. The van der Waals surface area contributed by atoms with Crippen LogP contribution >= 0.6 is 11.8 Å². The first-order valence-electron chi connectivity index (χ1n) is 6.52. The molecule has 2 heterocycles. The van der Waals surface area contributed by atoms with Crippen molar-refractivity contribution in [1.82, 2.24) is 0 Å². The van der Waals surface area contributed by atoms with Gasteiger partial charge < -0.3 is 4.74 Å². The van der Waals surface area contributed by atoms with Crippen molar-refractivity contribution in [2.45, 2.75) is 45.1 Å². The smallest absolute Gasteiger partial charge is 0.158 e. The van der Waals surface area contributed by atoms with E-state index >= 15 is 0 Å². The Hall–Kier alpha value is -0.280. The number of carbonyl (C=O) groups is 1. The van der Waals surface area contributed by atoms with Crippen LogP contribution in [-0.4, -0.2) is 29.5 Å². The van der Waals surface area contributed by atoms with Crippen LogP contribution in [0.5, 0.6) is 0 Å². The number of hydrogen-bond acceptors (Lipinski definition) is 3. The third-order valence-electron chi connectivity index (χ3n) is 3.73. The van der Waals surface area contributed by atoms with Crippen molar-refractivity contribution in [2.24, 2.45) is 5.92 Å². The molecule has 2 aliphatic heterocycles. The molecule has 3 heteroatoms. The summed E-state index contributed by atoms with van der Waals surface area (Å²) in [7, 11) is 0. The van der Waals surface area contributed by atoms with E-state index in [-0.39, 0.29) is 11.5 Å². The Labute approximate surface area is 108 Å². The van der Waals surface area contributed by atoms with Gasteiger partial charge in [-0.15, -0.1) is 0 Å². The van der Waals surface area contributed by atoms with Crippen molar-refractivity contribution in [3.8, 4) is 0 Å². The molecule has 1 unspecified atom stereocenters. The fourth-order valence-corrected chi connectivity index (χ4v) is 4.00. The number of rotatable bonds is 2. The lowest BCUT2D eigenvalue weighted by molar-refractivity contribution is -0.134. The molecule has 2 saturated heterocycles. The Bertz CT molecular complexity index is 307. The van der Waals surface area contributed by atoms with Gasteiger partial charge in [0.2, 0.25) is 0 Å². The summed E-state index contributed by atoms with van der Waals surface area (Å²) in [5.41, 5.74) is 1.13. The van der Waals surface area contributed by atoms with Crippen LogP contribution in [0.25, 0.3) is 0 Å². The maximum absolute atomic E-state index is 12.1. The fourth-order valence-electron chi connectivity index (χ4n) is 2.76. The minimum Gasteiger partial charge on any atom is -0.375 e. The Morgan fingerprint density at radius 3 is 2.71 bits per heavy atom. The highest BCUT2D eigenvalue weighted by Gasteiger charge is 2.40. The normalized spacial score (nSPS) is 27.8. The van der Waals surface area contributed by atoms with Crippen molar-refractivity contribution in [3.05, 3.63) is 11.6 Å². The summed E-state index contributed by atoms with van der Waals surface area (Å²) in [6.07, 6.45) is 5.89. The van der Waals surface area contributed by atoms with Gasteiger partial charge in [0.05, 0.1) is 5.60 Å². The molecule has 0 aromatic rings. The zero-order chi connectivity index (χ0) is 12.3. The van der Waals surface area contributed by atoms with Crippen LogP contribution < -0.4 is 0 Å². The Morgan fingerprint density at radius 2 is 2.06 bits per heavy atom. The van der Waals surface area contributed by atoms with Gasteiger partial charge in [-0.1, -0.05) is 5.57 Å². The van der Waals surface area contributed by atoms with Gasteiger partial charge in [-0.05, 0) is 57.1 Å². The van der Waals surface area contributed by atoms with E-state index in [4.69, 9.17) is 4.74 Å². The van der Waals surface area contributed by atoms with E-state index in [1.807, 2.05) is 25.6 Å². The summed E-state index contributed by atoms with van der Waals surface area (Å²) in [5.74, 6) is 2.88. The predicted molar refractivity (Wildman–Crippen MR) is 72.4 cm³/mol. The summed E-state index contributed by atoms with van der Waals surface area (Å²) >= 11 is 2.01.